The third kappa shape index (κ3) is 1.93. The van der Waals surface area contributed by atoms with Crippen LogP contribution >= 0.6 is 0 Å². The highest BCUT2D eigenvalue weighted by molar-refractivity contribution is 6.39. The molecule has 1 amide bonds. The number of aromatic nitrogens is 2. The van der Waals surface area contributed by atoms with Crippen molar-refractivity contribution in [3.8, 4) is 0 Å². The maximum atomic E-state index is 11.8. The first-order valence-corrected chi connectivity index (χ1v) is 5.11. The molecule has 2 heterocycles. The number of nitrogens with zero attached hydrogens (tertiary/aromatic N) is 2. The van der Waals surface area contributed by atoms with Crippen LogP contribution in [0.2, 0.25) is 0 Å². The summed E-state index contributed by atoms with van der Waals surface area (Å²) in [5.41, 5.74) is 12.1. The second-order valence-corrected chi connectivity index (χ2v) is 3.68. The lowest BCUT2D eigenvalue weighted by Crippen LogP contribution is -2.22. The van der Waals surface area contributed by atoms with Gasteiger partial charge in [-0.3, -0.25) is 9.59 Å². The number of Topliss-reactive ketones (excluding diaryl/α,β-unsaturated/α-hetero) is 1. The zero-order chi connectivity index (χ0) is 13.3. The molecular formula is C11H11N5O2. The monoisotopic (exact) mass is 245 g/mol. The number of fused-ring (bicyclic) bond motifs is 1. The summed E-state index contributed by atoms with van der Waals surface area (Å²) >= 11 is 0. The average Bonchev–Trinajstić information content (AvgIpc) is 2.78. The number of H-pyrrole nitrogens is 1. The van der Waals surface area contributed by atoms with Crippen molar-refractivity contribution in [3.63, 3.8) is 0 Å². The molecule has 92 valence electrons. The molecule has 0 saturated carbocycles. The SMILES string of the molecule is CC(=O)C(N)=NC(=O)c1cnc2[nH]ccc2c1N. The number of hydrogen-bond acceptors (Lipinski definition) is 4. The molecule has 2 aromatic heterocycles. The number of amides is 1. The maximum absolute atomic E-state index is 11.8. The van der Waals surface area contributed by atoms with Crippen molar-refractivity contribution >= 4 is 34.2 Å². The Labute approximate surface area is 102 Å². The summed E-state index contributed by atoms with van der Waals surface area (Å²) in [6.07, 6.45) is 2.96. The number of anilines is 1. The van der Waals surface area contributed by atoms with Crippen molar-refractivity contribution in [2.45, 2.75) is 6.92 Å². The molecule has 0 unspecified atom stereocenters. The Morgan fingerprint density at radius 1 is 1.44 bits per heavy atom. The summed E-state index contributed by atoms with van der Waals surface area (Å²) < 4.78 is 0. The lowest BCUT2D eigenvalue weighted by molar-refractivity contribution is -0.111. The van der Waals surface area contributed by atoms with Crippen LogP contribution in [-0.2, 0) is 4.79 Å². The van der Waals surface area contributed by atoms with E-state index in [1.54, 1.807) is 12.3 Å². The van der Waals surface area contributed by atoms with Gasteiger partial charge in [-0.15, -0.1) is 0 Å². The van der Waals surface area contributed by atoms with Gasteiger partial charge in [-0.2, -0.15) is 4.99 Å². The highest BCUT2D eigenvalue weighted by Crippen LogP contribution is 2.22. The van der Waals surface area contributed by atoms with Crippen LogP contribution in [0, 0.1) is 0 Å². The minimum atomic E-state index is -0.684. The van der Waals surface area contributed by atoms with E-state index in [0.717, 1.165) is 0 Å². The Morgan fingerprint density at radius 3 is 2.83 bits per heavy atom. The Bertz CT molecular complexity index is 671. The molecule has 0 bridgehead atoms. The number of carbonyl (C=O) groups is 2. The van der Waals surface area contributed by atoms with E-state index in [-0.39, 0.29) is 17.1 Å². The van der Waals surface area contributed by atoms with Crippen molar-refractivity contribution in [3.05, 3.63) is 24.0 Å². The minimum absolute atomic E-state index is 0.117. The number of nitrogens with two attached hydrogens (primary N) is 2. The van der Waals surface area contributed by atoms with Crippen LogP contribution in [-0.4, -0.2) is 27.5 Å². The quantitative estimate of drug-likeness (QED) is 0.515. The van der Waals surface area contributed by atoms with Crippen LogP contribution in [0.1, 0.15) is 17.3 Å². The molecule has 0 aliphatic rings. The van der Waals surface area contributed by atoms with Crippen LogP contribution in [0.5, 0.6) is 0 Å². The molecule has 0 aliphatic carbocycles. The van der Waals surface area contributed by atoms with Gasteiger partial charge in [0.2, 0.25) is 0 Å². The fourth-order valence-electron chi connectivity index (χ4n) is 1.45. The van der Waals surface area contributed by atoms with E-state index < -0.39 is 11.7 Å². The third-order valence-corrected chi connectivity index (χ3v) is 2.44. The number of ketones is 1. The first kappa shape index (κ1) is 11.8. The molecule has 0 saturated heterocycles. The average molecular weight is 245 g/mol. The zero-order valence-electron chi connectivity index (χ0n) is 9.60. The Hall–Kier alpha value is -2.70. The molecule has 2 aromatic rings. The van der Waals surface area contributed by atoms with Gasteiger partial charge < -0.3 is 16.5 Å². The molecule has 0 radical (unpaired) electrons. The number of amidine groups is 1. The lowest BCUT2D eigenvalue weighted by Gasteiger charge is -2.02. The fourth-order valence-corrected chi connectivity index (χ4v) is 1.45. The summed E-state index contributed by atoms with van der Waals surface area (Å²) in [7, 11) is 0. The molecule has 0 atom stereocenters. The van der Waals surface area contributed by atoms with Crippen molar-refractivity contribution < 1.29 is 9.59 Å². The van der Waals surface area contributed by atoms with Gasteiger partial charge in [-0.25, -0.2) is 4.98 Å². The van der Waals surface area contributed by atoms with Crippen LogP contribution in [0.25, 0.3) is 11.0 Å². The second-order valence-electron chi connectivity index (χ2n) is 3.68. The zero-order valence-corrected chi connectivity index (χ0v) is 9.60. The minimum Gasteiger partial charge on any atom is -0.397 e. The topological polar surface area (TPSA) is 127 Å². The summed E-state index contributed by atoms with van der Waals surface area (Å²) in [6.45, 7) is 1.23. The normalized spacial score (nSPS) is 11.7. The van der Waals surface area contributed by atoms with E-state index in [1.165, 1.54) is 13.1 Å². The molecular weight excluding hydrogens is 234 g/mol. The number of aromatic amines is 1. The van der Waals surface area contributed by atoms with E-state index in [1.807, 2.05) is 0 Å². The molecule has 7 nitrogen and oxygen atoms in total. The van der Waals surface area contributed by atoms with E-state index in [9.17, 15) is 9.59 Å². The summed E-state index contributed by atoms with van der Waals surface area (Å²) in [5.74, 6) is -1.51. The predicted molar refractivity (Wildman–Crippen MR) is 67.1 cm³/mol. The van der Waals surface area contributed by atoms with Crippen molar-refractivity contribution in [2.24, 2.45) is 10.7 Å². The van der Waals surface area contributed by atoms with E-state index in [4.69, 9.17) is 11.5 Å². The van der Waals surface area contributed by atoms with Gasteiger partial charge in [0.05, 0.1) is 11.3 Å². The first-order valence-electron chi connectivity index (χ1n) is 5.11. The summed E-state index contributed by atoms with van der Waals surface area (Å²) in [5, 5.41) is 0.623. The number of aliphatic imine (C=N–C) groups is 1. The summed E-state index contributed by atoms with van der Waals surface area (Å²) in [6, 6.07) is 1.70. The number of nitrogen functional groups attached to an aromatic ring is 1. The van der Waals surface area contributed by atoms with E-state index in [0.29, 0.717) is 11.0 Å². The smallest absolute Gasteiger partial charge is 0.282 e. The van der Waals surface area contributed by atoms with Gasteiger partial charge in [0.15, 0.2) is 11.6 Å². The van der Waals surface area contributed by atoms with Gasteiger partial charge in [0, 0.05) is 24.7 Å². The Balaban J connectivity index is 2.48. The molecule has 2 rings (SSSR count). The maximum Gasteiger partial charge on any atom is 0.282 e. The van der Waals surface area contributed by atoms with Crippen molar-refractivity contribution in [2.75, 3.05) is 5.73 Å². The van der Waals surface area contributed by atoms with Crippen LogP contribution in [0.4, 0.5) is 5.69 Å². The van der Waals surface area contributed by atoms with Gasteiger partial charge in [0.25, 0.3) is 5.91 Å². The number of carbonyl (C=O) groups excluding carboxylic acids is 2. The Kier molecular flexibility index (Phi) is 2.80. The van der Waals surface area contributed by atoms with Crippen molar-refractivity contribution in [1.29, 1.82) is 0 Å². The van der Waals surface area contributed by atoms with Crippen LogP contribution < -0.4 is 11.5 Å². The number of pyridine rings is 1. The van der Waals surface area contributed by atoms with Gasteiger partial charge in [-0.1, -0.05) is 0 Å². The predicted octanol–water partition coefficient (Wildman–Crippen LogP) is 0.231. The van der Waals surface area contributed by atoms with Crippen LogP contribution in [0.3, 0.4) is 0 Å². The van der Waals surface area contributed by atoms with Gasteiger partial charge in [-0.05, 0) is 6.07 Å². The number of hydrogen-bond donors (Lipinski definition) is 3. The molecule has 0 aromatic carbocycles. The number of nitrogens with one attached hydrogen (secondary N) is 1. The largest absolute Gasteiger partial charge is 0.397 e. The molecule has 7 heteroatoms. The molecule has 0 spiro atoms. The fraction of sp³-hybridized carbons (Fsp3) is 0.0909. The standard InChI is InChI=1S/C11H11N5O2/c1-5(17)9(13)16-11(18)7-4-15-10-6(8(7)12)2-3-14-10/h2-4H,1H3,(H3,12,14,15)(H2,13,16,18). The second kappa shape index (κ2) is 4.28. The van der Waals surface area contributed by atoms with Gasteiger partial charge >= 0.3 is 0 Å². The molecule has 0 fully saturated rings. The van der Waals surface area contributed by atoms with Gasteiger partial charge in [0.1, 0.15) is 5.65 Å². The van der Waals surface area contributed by atoms with E-state index in [2.05, 4.69) is 15.0 Å². The number of rotatable bonds is 2. The van der Waals surface area contributed by atoms with E-state index >= 15 is 0 Å². The highest BCUT2D eigenvalue weighted by atomic mass is 16.2. The molecule has 18 heavy (non-hydrogen) atoms. The van der Waals surface area contributed by atoms with Crippen LogP contribution in [0.15, 0.2) is 23.5 Å². The molecule has 0 aliphatic heterocycles. The third-order valence-electron chi connectivity index (χ3n) is 2.44. The highest BCUT2D eigenvalue weighted by Gasteiger charge is 2.14. The Morgan fingerprint density at radius 2 is 2.17 bits per heavy atom. The first-order chi connectivity index (χ1) is 8.50. The lowest BCUT2D eigenvalue weighted by atomic mass is 10.2. The molecule has 5 N–H and O–H groups in total. The van der Waals surface area contributed by atoms with Crippen molar-refractivity contribution in [1.82, 2.24) is 9.97 Å². The summed E-state index contributed by atoms with van der Waals surface area (Å²) in [4.78, 5) is 33.1.